The molecule has 4 aromatic carbocycles. The minimum absolute atomic E-state index is 0.00860. The molecule has 3 heteroatoms. The Bertz CT molecular complexity index is 1190. The summed E-state index contributed by atoms with van der Waals surface area (Å²) in [6.07, 6.45) is 5.23. The van der Waals surface area contributed by atoms with E-state index < -0.39 is 0 Å². The van der Waals surface area contributed by atoms with Gasteiger partial charge in [0.25, 0.3) is 0 Å². The first kappa shape index (κ1) is 18.3. The first-order chi connectivity index (χ1) is 14.2. The highest BCUT2D eigenvalue weighted by atomic mass is 16.5. The van der Waals surface area contributed by atoms with Crippen molar-refractivity contribution in [3.63, 3.8) is 0 Å². The number of fused-ring (bicyclic) bond motifs is 1. The topological polar surface area (TPSA) is 35.5 Å². The summed E-state index contributed by atoms with van der Waals surface area (Å²) in [4.78, 5) is 12.5. The number of hydrogen-bond donors (Lipinski definition) is 0. The maximum absolute atomic E-state index is 12.5. The minimum Gasteiger partial charge on any atom is -0.481 e. The zero-order chi connectivity index (χ0) is 20.1. The second-order valence-electron chi connectivity index (χ2n) is 6.49. The number of hydrogen-bond acceptors (Lipinski definition) is 3. The number of ketones is 1. The molecule has 0 aromatic heterocycles. The van der Waals surface area contributed by atoms with Crippen molar-refractivity contribution in [2.45, 2.75) is 0 Å². The van der Waals surface area contributed by atoms with Gasteiger partial charge < -0.3 is 9.47 Å². The summed E-state index contributed by atoms with van der Waals surface area (Å²) in [5.74, 6) is 4.58. The first-order valence-electron chi connectivity index (χ1n) is 9.21. The third-order valence-electron chi connectivity index (χ3n) is 4.49. The molecular weight excluding hydrogens is 360 g/mol. The molecule has 0 aliphatic rings. The van der Waals surface area contributed by atoms with Gasteiger partial charge in [0.1, 0.15) is 23.9 Å². The SMILES string of the molecule is C#CCOc1ccc2cc(Oc3ccc(C(=O)c4ccccc4)cc3)ccc2c1. The summed E-state index contributed by atoms with van der Waals surface area (Å²) in [5, 5.41) is 2.07. The Labute approximate surface area is 169 Å². The van der Waals surface area contributed by atoms with Gasteiger partial charge in [-0.2, -0.15) is 0 Å². The van der Waals surface area contributed by atoms with Crippen LogP contribution in [-0.2, 0) is 0 Å². The van der Waals surface area contributed by atoms with E-state index in [2.05, 4.69) is 5.92 Å². The third kappa shape index (κ3) is 4.28. The van der Waals surface area contributed by atoms with E-state index in [1.54, 1.807) is 24.3 Å². The fourth-order valence-electron chi connectivity index (χ4n) is 3.05. The van der Waals surface area contributed by atoms with E-state index in [4.69, 9.17) is 15.9 Å². The maximum atomic E-state index is 12.5. The molecule has 0 unspecified atom stereocenters. The number of carbonyl (C=O) groups is 1. The normalized spacial score (nSPS) is 10.3. The average molecular weight is 378 g/mol. The van der Waals surface area contributed by atoms with Crippen LogP contribution in [0.15, 0.2) is 91.0 Å². The molecule has 0 amide bonds. The summed E-state index contributed by atoms with van der Waals surface area (Å²) in [6.45, 7) is 0.246. The Kier molecular flexibility index (Phi) is 5.27. The maximum Gasteiger partial charge on any atom is 0.193 e. The van der Waals surface area contributed by atoms with E-state index >= 15 is 0 Å². The van der Waals surface area contributed by atoms with Crippen LogP contribution in [0.2, 0.25) is 0 Å². The molecule has 140 valence electrons. The van der Waals surface area contributed by atoms with Crippen LogP contribution in [0.4, 0.5) is 0 Å². The van der Waals surface area contributed by atoms with E-state index in [1.807, 2.05) is 66.7 Å². The van der Waals surface area contributed by atoms with Crippen molar-refractivity contribution in [3.05, 3.63) is 102 Å². The van der Waals surface area contributed by atoms with Crippen LogP contribution in [0.1, 0.15) is 15.9 Å². The Balaban J connectivity index is 1.49. The van der Waals surface area contributed by atoms with Gasteiger partial charge in [0.05, 0.1) is 0 Å². The molecule has 0 saturated heterocycles. The van der Waals surface area contributed by atoms with Gasteiger partial charge in [0.15, 0.2) is 5.78 Å². The molecule has 0 heterocycles. The zero-order valence-electron chi connectivity index (χ0n) is 15.7. The Morgan fingerprint density at radius 3 is 2.00 bits per heavy atom. The number of carbonyl (C=O) groups excluding carboxylic acids is 1. The van der Waals surface area contributed by atoms with Crippen molar-refractivity contribution in [2.75, 3.05) is 6.61 Å². The lowest BCUT2D eigenvalue weighted by Gasteiger charge is -2.09. The van der Waals surface area contributed by atoms with Crippen molar-refractivity contribution in [1.29, 1.82) is 0 Å². The molecule has 0 aliphatic carbocycles. The predicted molar refractivity (Wildman–Crippen MR) is 115 cm³/mol. The smallest absolute Gasteiger partial charge is 0.193 e. The number of benzene rings is 4. The highest BCUT2D eigenvalue weighted by Gasteiger charge is 2.09. The summed E-state index contributed by atoms with van der Waals surface area (Å²) in [6, 6.07) is 28.0. The predicted octanol–water partition coefficient (Wildman–Crippen LogP) is 5.88. The van der Waals surface area contributed by atoms with Crippen molar-refractivity contribution < 1.29 is 14.3 Å². The molecule has 4 aromatic rings. The fraction of sp³-hybridized carbons (Fsp3) is 0.0385. The molecule has 0 saturated carbocycles. The van der Waals surface area contributed by atoms with Gasteiger partial charge in [-0.3, -0.25) is 4.79 Å². The van der Waals surface area contributed by atoms with Crippen LogP contribution in [0, 0.1) is 12.3 Å². The van der Waals surface area contributed by atoms with Gasteiger partial charge in [-0.25, -0.2) is 0 Å². The van der Waals surface area contributed by atoms with E-state index in [0.29, 0.717) is 16.9 Å². The number of terminal acetylenes is 1. The van der Waals surface area contributed by atoms with Crippen LogP contribution in [0.5, 0.6) is 17.2 Å². The highest BCUT2D eigenvalue weighted by Crippen LogP contribution is 2.28. The van der Waals surface area contributed by atoms with Crippen molar-refractivity contribution in [1.82, 2.24) is 0 Å². The van der Waals surface area contributed by atoms with E-state index in [0.717, 1.165) is 22.3 Å². The lowest BCUT2D eigenvalue weighted by molar-refractivity contribution is 0.103. The molecule has 0 spiro atoms. The fourth-order valence-corrected chi connectivity index (χ4v) is 3.05. The van der Waals surface area contributed by atoms with Crippen LogP contribution in [-0.4, -0.2) is 12.4 Å². The monoisotopic (exact) mass is 378 g/mol. The van der Waals surface area contributed by atoms with E-state index in [9.17, 15) is 4.79 Å². The molecule has 3 nitrogen and oxygen atoms in total. The largest absolute Gasteiger partial charge is 0.481 e. The summed E-state index contributed by atoms with van der Waals surface area (Å²) in [7, 11) is 0. The first-order valence-corrected chi connectivity index (χ1v) is 9.21. The second-order valence-corrected chi connectivity index (χ2v) is 6.49. The van der Waals surface area contributed by atoms with Crippen molar-refractivity contribution in [3.8, 4) is 29.6 Å². The summed E-state index contributed by atoms with van der Waals surface area (Å²) >= 11 is 0. The molecule has 4 rings (SSSR count). The Morgan fingerprint density at radius 1 is 0.724 bits per heavy atom. The molecule has 0 bridgehead atoms. The molecule has 0 atom stereocenters. The molecule has 0 radical (unpaired) electrons. The van der Waals surface area contributed by atoms with Crippen LogP contribution in [0.3, 0.4) is 0 Å². The quantitative estimate of drug-likeness (QED) is 0.311. The van der Waals surface area contributed by atoms with Gasteiger partial charge in [-0.1, -0.05) is 48.4 Å². The zero-order valence-corrected chi connectivity index (χ0v) is 15.7. The molecule has 0 fully saturated rings. The molecule has 29 heavy (non-hydrogen) atoms. The van der Waals surface area contributed by atoms with Crippen LogP contribution >= 0.6 is 0 Å². The highest BCUT2D eigenvalue weighted by molar-refractivity contribution is 6.09. The van der Waals surface area contributed by atoms with E-state index in [1.165, 1.54) is 0 Å². The van der Waals surface area contributed by atoms with Crippen molar-refractivity contribution >= 4 is 16.6 Å². The Morgan fingerprint density at radius 2 is 1.31 bits per heavy atom. The van der Waals surface area contributed by atoms with Gasteiger partial charge in [-0.05, 0) is 59.3 Å². The molecular formula is C26H18O3. The van der Waals surface area contributed by atoms with Crippen molar-refractivity contribution in [2.24, 2.45) is 0 Å². The summed E-state index contributed by atoms with van der Waals surface area (Å²) < 4.78 is 11.4. The van der Waals surface area contributed by atoms with Gasteiger partial charge in [0, 0.05) is 11.1 Å². The van der Waals surface area contributed by atoms with Crippen LogP contribution < -0.4 is 9.47 Å². The summed E-state index contributed by atoms with van der Waals surface area (Å²) in [5.41, 5.74) is 1.29. The lowest BCUT2D eigenvalue weighted by Crippen LogP contribution is -2.00. The van der Waals surface area contributed by atoms with Gasteiger partial charge in [-0.15, -0.1) is 6.42 Å². The number of rotatable bonds is 6. The Hall–Kier alpha value is -4.03. The second kappa shape index (κ2) is 8.33. The van der Waals surface area contributed by atoms with E-state index in [-0.39, 0.29) is 12.4 Å². The minimum atomic E-state index is -0.00860. The number of ether oxygens (including phenoxy) is 2. The average Bonchev–Trinajstić information content (AvgIpc) is 2.78. The standard InChI is InChI=1S/C26H18O3/c1-2-16-28-24-14-10-22-18-25(15-11-21(22)17-24)29-23-12-8-20(9-13-23)26(27)19-6-4-3-5-7-19/h1,3-15,17-18H,16H2. The lowest BCUT2D eigenvalue weighted by atomic mass is 10.0. The van der Waals surface area contributed by atoms with Gasteiger partial charge >= 0.3 is 0 Å². The van der Waals surface area contributed by atoms with Crippen LogP contribution in [0.25, 0.3) is 10.8 Å². The molecule has 0 N–H and O–H groups in total. The molecule has 0 aliphatic heterocycles. The van der Waals surface area contributed by atoms with Gasteiger partial charge in [0.2, 0.25) is 0 Å². The third-order valence-corrected chi connectivity index (χ3v) is 4.49.